The molecule has 0 saturated heterocycles. The van der Waals surface area contributed by atoms with Crippen LogP contribution in [0.5, 0.6) is 0 Å². The van der Waals surface area contributed by atoms with Crippen molar-refractivity contribution in [3.63, 3.8) is 0 Å². The molecule has 6 heteroatoms. The maximum absolute atomic E-state index is 12.8. The number of pyridine rings is 1. The first-order valence-corrected chi connectivity index (χ1v) is 11.9. The minimum absolute atomic E-state index is 0.0924. The van der Waals surface area contributed by atoms with Gasteiger partial charge in [-0.3, -0.25) is 14.6 Å². The van der Waals surface area contributed by atoms with Gasteiger partial charge in [0, 0.05) is 35.6 Å². The fourth-order valence-electron chi connectivity index (χ4n) is 5.30. The van der Waals surface area contributed by atoms with E-state index in [1.54, 1.807) is 18.3 Å². The van der Waals surface area contributed by atoms with Crippen molar-refractivity contribution in [2.45, 2.75) is 57.4 Å². The van der Waals surface area contributed by atoms with E-state index in [1.165, 1.54) is 50.5 Å². The van der Waals surface area contributed by atoms with Gasteiger partial charge in [0.25, 0.3) is 0 Å². The number of esters is 1. The number of nitrogens with zero attached hydrogens (tertiary/aromatic N) is 3. The van der Waals surface area contributed by atoms with Crippen molar-refractivity contribution in [2.75, 3.05) is 18.6 Å². The number of hydrogen-bond donors (Lipinski definition) is 0. The van der Waals surface area contributed by atoms with Gasteiger partial charge in [0.15, 0.2) is 0 Å². The van der Waals surface area contributed by atoms with Crippen molar-refractivity contribution in [1.82, 2.24) is 4.98 Å². The van der Waals surface area contributed by atoms with Crippen LogP contribution in [-0.4, -0.2) is 42.1 Å². The molecule has 1 saturated carbocycles. The molecule has 0 unspecified atom stereocenters. The van der Waals surface area contributed by atoms with Crippen LogP contribution in [0, 0.1) is 0 Å². The quantitative estimate of drug-likeness (QED) is 0.624. The van der Waals surface area contributed by atoms with Gasteiger partial charge in [0.05, 0.1) is 24.9 Å². The van der Waals surface area contributed by atoms with E-state index in [4.69, 9.17) is 9.73 Å². The molecule has 1 aromatic heterocycles. The summed E-state index contributed by atoms with van der Waals surface area (Å²) in [6.07, 6.45) is 12.0. The summed E-state index contributed by atoms with van der Waals surface area (Å²) < 4.78 is 4.77. The Morgan fingerprint density at radius 3 is 2.85 bits per heavy atom. The van der Waals surface area contributed by atoms with Gasteiger partial charge in [-0.1, -0.05) is 19.3 Å². The molecule has 0 amide bonds. The van der Waals surface area contributed by atoms with Crippen LogP contribution in [0.1, 0.15) is 66.6 Å². The minimum atomic E-state index is -0.454. The molecule has 0 radical (unpaired) electrons. The minimum Gasteiger partial charge on any atom is -0.469 e. The number of methoxy groups -OCH3 is 1. The van der Waals surface area contributed by atoms with E-state index in [-0.39, 0.29) is 12.2 Å². The van der Waals surface area contributed by atoms with E-state index in [0.29, 0.717) is 28.6 Å². The molecule has 0 bridgehead atoms. The first-order valence-electron chi connectivity index (χ1n) is 11.9. The Hall–Kier alpha value is -3.28. The monoisotopic (exact) mass is 443 g/mol. The normalized spacial score (nSPS) is 19.7. The summed E-state index contributed by atoms with van der Waals surface area (Å²) in [4.78, 5) is 36.5. The van der Waals surface area contributed by atoms with Crippen molar-refractivity contribution in [1.29, 1.82) is 0 Å². The average Bonchev–Trinajstić information content (AvgIpc) is 2.86. The Labute approximate surface area is 194 Å². The van der Waals surface area contributed by atoms with Gasteiger partial charge in [-0.15, -0.1) is 0 Å². The number of carbonyl (C=O) groups excluding carboxylic acids is 2. The Morgan fingerprint density at radius 2 is 2.03 bits per heavy atom. The molecule has 0 spiro atoms. The third kappa shape index (κ3) is 4.34. The molecular weight excluding hydrogens is 414 g/mol. The van der Waals surface area contributed by atoms with Gasteiger partial charge >= 0.3 is 5.97 Å². The summed E-state index contributed by atoms with van der Waals surface area (Å²) in [5, 5.41) is 0. The number of aryl methyl sites for hydroxylation is 1. The molecule has 1 aromatic carbocycles. The zero-order valence-electron chi connectivity index (χ0n) is 19.0. The molecule has 6 nitrogen and oxygen atoms in total. The van der Waals surface area contributed by atoms with Crippen LogP contribution < -0.4 is 4.90 Å². The highest BCUT2D eigenvalue weighted by Gasteiger charge is 2.28. The SMILES string of the molecule is COC(=O)CC1=CC(=Nc2ccc3c(c2)CCCN3C2CCCCC2)c2cccnc2C1=O. The number of hydrogen-bond acceptors (Lipinski definition) is 6. The zero-order chi connectivity index (χ0) is 22.8. The lowest BCUT2D eigenvalue weighted by Gasteiger charge is -2.40. The van der Waals surface area contributed by atoms with Gasteiger partial charge in [0.1, 0.15) is 5.69 Å². The Bertz CT molecular complexity index is 1150. The zero-order valence-corrected chi connectivity index (χ0v) is 19.0. The highest BCUT2D eigenvalue weighted by Crippen LogP contribution is 2.36. The molecule has 2 heterocycles. The molecule has 1 aliphatic heterocycles. The van der Waals surface area contributed by atoms with Crippen LogP contribution in [-0.2, 0) is 16.0 Å². The second-order valence-electron chi connectivity index (χ2n) is 9.05. The molecular formula is C27H29N3O3. The summed E-state index contributed by atoms with van der Waals surface area (Å²) in [6.45, 7) is 1.13. The molecule has 170 valence electrons. The molecule has 5 rings (SSSR count). The largest absolute Gasteiger partial charge is 0.469 e. The van der Waals surface area contributed by atoms with E-state index in [1.807, 2.05) is 6.07 Å². The maximum Gasteiger partial charge on any atom is 0.310 e. The second-order valence-corrected chi connectivity index (χ2v) is 9.05. The molecule has 2 aliphatic carbocycles. The summed E-state index contributed by atoms with van der Waals surface area (Å²) >= 11 is 0. The molecule has 1 fully saturated rings. The van der Waals surface area contributed by atoms with Crippen molar-refractivity contribution in [3.05, 3.63) is 65.0 Å². The predicted octanol–water partition coefficient (Wildman–Crippen LogP) is 4.97. The topological polar surface area (TPSA) is 71.9 Å². The number of Topliss-reactive ketones (excluding diaryl/α,β-unsaturated/α-hetero) is 1. The third-order valence-corrected chi connectivity index (χ3v) is 6.95. The number of anilines is 1. The van der Waals surface area contributed by atoms with E-state index in [9.17, 15) is 9.59 Å². The second kappa shape index (κ2) is 9.30. The van der Waals surface area contributed by atoms with E-state index >= 15 is 0 Å². The lowest BCUT2D eigenvalue weighted by Crippen LogP contribution is -2.40. The number of carbonyl (C=O) groups is 2. The lowest BCUT2D eigenvalue weighted by molar-refractivity contribution is -0.139. The van der Waals surface area contributed by atoms with Crippen LogP contribution in [0.4, 0.5) is 11.4 Å². The maximum atomic E-state index is 12.8. The third-order valence-electron chi connectivity index (χ3n) is 6.95. The molecule has 3 aliphatic rings. The van der Waals surface area contributed by atoms with Gasteiger partial charge in [0.2, 0.25) is 5.78 Å². The van der Waals surface area contributed by atoms with Crippen molar-refractivity contribution in [2.24, 2.45) is 4.99 Å². The van der Waals surface area contributed by atoms with Crippen LogP contribution in [0.3, 0.4) is 0 Å². The molecule has 33 heavy (non-hydrogen) atoms. The fourth-order valence-corrected chi connectivity index (χ4v) is 5.30. The van der Waals surface area contributed by atoms with Crippen LogP contribution in [0.15, 0.2) is 53.2 Å². The number of aliphatic imine (C=N–C) groups is 1. The summed E-state index contributed by atoms with van der Waals surface area (Å²) in [5.74, 6) is -0.701. The van der Waals surface area contributed by atoms with Crippen molar-refractivity contribution in [3.8, 4) is 0 Å². The number of fused-ring (bicyclic) bond motifs is 2. The summed E-state index contributed by atoms with van der Waals surface area (Å²) in [6, 6.07) is 10.8. The average molecular weight is 444 g/mol. The van der Waals surface area contributed by atoms with E-state index < -0.39 is 5.97 Å². The highest BCUT2D eigenvalue weighted by molar-refractivity contribution is 6.26. The van der Waals surface area contributed by atoms with Crippen LogP contribution in [0.2, 0.25) is 0 Å². The summed E-state index contributed by atoms with van der Waals surface area (Å²) in [7, 11) is 1.32. The summed E-state index contributed by atoms with van der Waals surface area (Å²) in [5.41, 5.74) is 5.57. The lowest BCUT2D eigenvalue weighted by atomic mass is 9.90. The smallest absolute Gasteiger partial charge is 0.310 e. The van der Waals surface area contributed by atoms with Crippen molar-refractivity contribution < 1.29 is 14.3 Å². The van der Waals surface area contributed by atoms with Gasteiger partial charge < -0.3 is 9.64 Å². The van der Waals surface area contributed by atoms with Crippen molar-refractivity contribution >= 4 is 28.8 Å². The van der Waals surface area contributed by atoms with Gasteiger partial charge in [-0.05, 0) is 67.7 Å². The molecule has 0 atom stereocenters. The Balaban J connectivity index is 1.50. The first kappa shape index (κ1) is 21.6. The Morgan fingerprint density at radius 1 is 1.18 bits per heavy atom. The number of ether oxygens (including phenoxy) is 1. The number of aromatic nitrogens is 1. The van der Waals surface area contributed by atoms with E-state index in [2.05, 4.69) is 28.1 Å². The predicted molar refractivity (Wildman–Crippen MR) is 128 cm³/mol. The molecule has 0 N–H and O–H groups in total. The number of benzene rings is 1. The van der Waals surface area contributed by atoms with Gasteiger partial charge in [-0.2, -0.15) is 0 Å². The molecule has 2 aromatic rings. The Kier molecular flexibility index (Phi) is 6.07. The van der Waals surface area contributed by atoms with Crippen LogP contribution in [0.25, 0.3) is 0 Å². The highest BCUT2D eigenvalue weighted by atomic mass is 16.5. The number of rotatable bonds is 4. The number of allylic oxidation sites excluding steroid dienone is 1. The number of ketones is 1. The van der Waals surface area contributed by atoms with Gasteiger partial charge in [-0.25, -0.2) is 4.99 Å². The first-order chi connectivity index (χ1) is 16.1. The van der Waals surface area contributed by atoms with Crippen LogP contribution >= 0.6 is 0 Å². The standard InChI is InChI=1S/C27H29N3O3/c1-33-25(31)17-19-16-23(22-10-5-13-28-26(22)27(19)32)29-20-11-12-24-18(15-20)7-6-14-30(24)21-8-3-2-4-9-21/h5,10-13,15-16,21H,2-4,6-9,14,17H2,1H3. The van der Waals surface area contributed by atoms with E-state index in [0.717, 1.165) is 25.1 Å². The fraction of sp³-hybridized carbons (Fsp3) is 0.407.